The highest BCUT2D eigenvalue weighted by atomic mass is 35.5. The van der Waals surface area contributed by atoms with Gasteiger partial charge in [0.25, 0.3) is 17.3 Å². The van der Waals surface area contributed by atoms with Crippen LogP contribution in [-0.4, -0.2) is 41.9 Å². The van der Waals surface area contributed by atoms with Gasteiger partial charge in [-0.15, -0.1) is 0 Å². The molecule has 2 N–H and O–H groups in total. The van der Waals surface area contributed by atoms with E-state index in [0.29, 0.717) is 18.8 Å². The Hall–Kier alpha value is -3.24. The number of benzene rings is 2. The molecular weight excluding hydrogens is 390 g/mol. The molecule has 2 aromatic carbocycles. The first-order chi connectivity index (χ1) is 13.4. The lowest BCUT2D eigenvalue weighted by molar-refractivity contribution is -0.384. The number of nitro groups is 2. The normalized spacial score (nSPS) is 13.8. The number of piperazine rings is 1. The van der Waals surface area contributed by atoms with Crippen LogP contribution in [0.4, 0.5) is 22.7 Å². The molecule has 0 saturated carbocycles. The zero-order valence-electron chi connectivity index (χ0n) is 14.6. The predicted octanol–water partition coefficient (Wildman–Crippen LogP) is 2.82. The zero-order chi connectivity index (χ0) is 20.3. The Kier molecular flexibility index (Phi) is 5.71. The fraction of sp³-hybridized carbons (Fsp3) is 0.235. The number of amides is 1. The third-order valence-electron chi connectivity index (χ3n) is 4.29. The number of halogens is 1. The van der Waals surface area contributed by atoms with Gasteiger partial charge >= 0.3 is 0 Å². The number of non-ortho nitro benzene ring substituents is 1. The van der Waals surface area contributed by atoms with E-state index in [9.17, 15) is 25.0 Å². The minimum absolute atomic E-state index is 0.0371. The van der Waals surface area contributed by atoms with Crippen LogP contribution in [0.15, 0.2) is 36.4 Å². The van der Waals surface area contributed by atoms with Crippen molar-refractivity contribution in [3.8, 4) is 0 Å². The molecule has 1 amide bonds. The summed E-state index contributed by atoms with van der Waals surface area (Å²) in [6.07, 6.45) is 0. The van der Waals surface area contributed by atoms with Crippen LogP contribution in [0.1, 0.15) is 10.4 Å². The number of hydrogen-bond acceptors (Lipinski definition) is 7. The van der Waals surface area contributed by atoms with E-state index < -0.39 is 15.8 Å². The molecule has 146 valence electrons. The molecule has 0 unspecified atom stereocenters. The van der Waals surface area contributed by atoms with Crippen LogP contribution in [-0.2, 0) is 0 Å². The second kappa shape index (κ2) is 8.19. The van der Waals surface area contributed by atoms with E-state index in [1.54, 1.807) is 12.1 Å². The van der Waals surface area contributed by atoms with Crippen molar-refractivity contribution in [2.24, 2.45) is 0 Å². The van der Waals surface area contributed by atoms with Crippen molar-refractivity contribution in [3.05, 3.63) is 67.2 Å². The number of rotatable bonds is 5. The maximum Gasteiger partial charge on any atom is 0.294 e. The third kappa shape index (κ3) is 4.18. The number of nitrogens with zero attached hydrogens (tertiary/aromatic N) is 3. The second-order valence-electron chi connectivity index (χ2n) is 6.07. The highest BCUT2D eigenvalue weighted by molar-refractivity contribution is 6.34. The lowest BCUT2D eigenvalue weighted by atomic mass is 10.1. The summed E-state index contributed by atoms with van der Waals surface area (Å²) in [5, 5.41) is 28.1. The minimum Gasteiger partial charge on any atom is -0.363 e. The van der Waals surface area contributed by atoms with Gasteiger partial charge in [0.05, 0.1) is 20.4 Å². The van der Waals surface area contributed by atoms with Crippen LogP contribution in [0, 0.1) is 20.2 Å². The van der Waals surface area contributed by atoms with E-state index in [4.69, 9.17) is 11.6 Å². The molecule has 28 heavy (non-hydrogen) atoms. The monoisotopic (exact) mass is 405 g/mol. The molecule has 10 nitrogen and oxygen atoms in total. The van der Waals surface area contributed by atoms with Crippen molar-refractivity contribution < 1.29 is 14.6 Å². The van der Waals surface area contributed by atoms with Gasteiger partial charge in [-0.2, -0.15) is 0 Å². The second-order valence-corrected chi connectivity index (χ2v) is 6.48. The topological polar surface area (TPSA) is 131 Å². The first-order valence-electron chi connectivity index (χ1n) is 8.36. The maximum atomic E-state index is 12.5. The molecule has 1 saturated heterocycles. The van der Waals surface area contributed by atoms with Crippen LogP contribution in [0.25, 0.3) is 0 Å². The molecule has 0 atom stereocenters. The number of carbonyl (C=O) groups is 1. The van der Waals surface area contributed by atoms with E-state index >= 15 is 0 Å². The SMILES string of the molecule is O=C(Nc1ccc(N2CCNCC2)c([N+](=O)[O-])c1)c1cc([N+](=O)[O-])ccc1Cl. The average Bonchev–Trinajstić information content (AvgIpc) is 2.68. The summed E-state index contributed by atoms with van der Waals surface area (Å²) in [5.74, 6) is -0.696. The number of carbonyl (C=O) groups excluding carboxylic acids is 1. The molecule has 1 aliphatic rings. The van der Waals surface area contributed by atoms with Gasteiger partial charge in [0.1, 0.15) is 5.69 Å². The van der Waals surface area contributed by atoms with Crippen molar-refractivity contribution in [2.45, 2.75) is 0 Å². The smallest absolute Gasteiger partial charge is 0.294 e. The van der Waals surface area contributed by atoms with Gasteiger partial charge in [0.15, 0.2) is 0 Å². The summed E-state index contributed by atoms with van der Waals surface area (Å²) in [6, 6.07) is 7.89. The van der Waals surface area contributed by atoms with Crippen LogP contribution in [0.5, 0.6) is 0 Å². The summed E-state index contributed by atoms with van der Waals surface area (Å²) in [5.41, 5.74) is 0.153. The molecule has 2 aromatic rings. The molecule has 1 aliphatic heterocycles. The highest BCUT2D eigenvalue weighted by Gasteiger charge is 2.23. The highest BCUT2D eigenvalue weighted by Crippen LogP contribution is 2.32. The largest absolute Gasteiger partial charge is 0.363 e. The fourth-order valence-electron chi connectivity index (χ4n) is 2.92. The number of nitro benzene ring substituents is 2. The Morgan fingerprint density at radius 3 is 2.43 bits per heavy atom. The van der Waals surface area contributed by atoms with Crippen molar-refractivity contribution >= 4 is 40.3 Å². The number of anilines is 2. The fourth-order valence-corrected chi connectivity index (χ4v) is 3.12. The van der Waals surface area contributed by atoms with Crippen molar-refractivity contribution in [3.63, 3.8) is 0 Å². The Morgan fingerprint density at radius 1 is 1.07 bits per heavy atom. The predicted molar refractivity (Wildman–Crippen MR) is 104 cm³/mol. The van der Waals surface area contributed by atoms with Gasteiger partial charge in [-0.25, -0.2) is 0 Å². The Labute approximate surface area is 164 Å². The molecule has 0 aromatic heterocycles. The first-order valence-corrected chi connectivity index (χ1v) is 8.74. The van der Waals surface area contributed by atoms with E-state index in [2.05, 4.69) is 10.6 Å². The van der Waals surface area contributed by atoms with Gasteiger partial charge in [0, 0.05) is 50.1 Å². The molecular formula is C17H16ClN5O5. The summed E-state index contributed by atoms with van der Waals surface area (Å²) in [7, 11) is 0. The average molecular weight is 406 g/mol. The number of nitrogens with one attached hydrogen (secondary N) is 2. The molecule has 1 heterocycles. The molecule has 0 spiro atoms. The summed E-state index contributed by atoms with van der Waals surface area (Å²) < 4.78 is 0. The van der Waals surface area contributed by atoms with Gasteiger partial charge in [-0.3, -0.25) is 25.0 Å². The molecule has 0 radical (unpaired) electrons. The van der Waals surface area contributed by atoms with Crippen LogP contribution in [0.2, 0.25) is 5.02 Å². The van der Waals surface area contributed by atoms with Crippen molar-refractivity contribution in [1.29, 1.82) is 0 Å². The van der Waals surface area contributed by atoms with Gasteiger partial charge < -0.3 is 15.5 Å². The van der Waals surface area contributed by atoms with E-state index in [-0.39, 0.29) is 27.6 Å². The lowest BCUT2D eigenvalue weighted by Crippen LogP contribution is -2.43. The van der Waals surface area contributed by atoms with Gasteiger partial charge in [-0.05, 0) is 18.2 Å². The van der Waals surface area contributed by atoms with E-state index in [1.165, 1.54) is 18.2 Å². The summed E-state index contributed by atoms with van der Waals surface area (Å²) >= 11 is 5.97. The van der Waals surface area contributed by atoms with Crippen LogP contribution in [0.3, 0.4) is 0 Å². The Morgan fingerprint density at radius 2 is 1.79 bits per heavy atom. The number of hydrogen-bond donors (Lipinski definition) is 2. The molecule has 3 rings (SSSR count). The molecule has 1 fully saturated rings. The third-order valence-corrected chi connectivity index (χ3v) is 4.62. The minimum atomic E-state index is -0.696. The maximum absolute atomic E-state index is 12.5. The van der Waals surface area contributed by atoms with Crippen molar-refractivity contribution in [2.75, 3.05) is 36.4 Å². The Bertz CT molecular complexity index is 946. The Balaban J connectivity index is 1.87. The van der Waals surface area contributed by atoms with Gasteiger partial charge in [0.2, 0.25) is 0 Å². The zero-order valence-corrected chi connectivity index (χ0v) is 15.3. The first kappa shape index (κ1) is 19.5. The van der Waals surface area contributed by atoms with Crippen LogP contribution >= 0.6 is 11.6 Å². The summed E-state index contributed by atoms with van der Waals surface area (Å²) in [4.78, 5) is 35.6. The molecule has 11 heteroatoms. The van der Waals surface area contributed by atoms with E-state index in [0.717, 1.165) is 19.2 Å². The molecule has 0 aliphatic carbocycles. The van der Waals surface area contributed by atoms with Crippen molar-refractivity contribution in [1.82, 2.24) is 5.32 Å². The van der Waals surface area contributed by atoms with Crippen LogP contribution < -0.4 is 15.5 Å². The summed E-state index contributed by atoms with van der Waals surface area (Å²) in [6.45, 7) is 2.72. The lowest BCUT2D eigenvalue weighted by Gasteiger charge is -2.29. The standard InChI is InChI=1S/C17H16ClN5O5/c18-14-3-2-12(22(25)26)10-13(14)17(24)20-11-1-4-15(16(9-11)23(27)28)21-7-5-19-6-8-21/h1-4,9-10,19H,5-8H2,(H,20,24). The van der Waals surface area contributed by atoms with E-state index in [1.807, 2.05) is 4.90 Å². The molecule has 0 bridgehead atoms. The van der Waals surface area contributed by atoms with Gasteiger partial charge in [-0.1, -0.05) is 11.6 Å². The quantitative estimate of drug-likeness (QED) is 0.577.